The monoisotopic (exact) mass is 407 g/mol. The van der Waals surface area contributed by atoms with Crippen molar-refractivity contribution in [2.45, 2.75) is 11.7 Å². The molecule has 1 unspecified atom stereocenters. The molecular weight excluding hydrogens is 382 g/mol. The highest BCUT2D eigenvalue weighted by atomic mass is 32.3. The van der Waals surface area contributed by atoms with E-state index < -0.39 is 15.6 Å². The first-order chi connectivity index (χ1) is 12.3. The van der Waals surface area contributed by atoms with Gasteiger partial charge in [0.1, 0.15) is 5.75 Å². The molecule has 1 saturated heterocycles. The second-order valence-corrected chi connectivity index (χ2v) is 7.01. The van der Waals surface area contributed by atoms with E-state index in [0.717, 1.165) is 12.0 Å². The summed E-state index contributed by atoms with van der Waals surface area (Å²) >= 11 is 1.30. The highest BCUT2D eigenvalue weighted by molar-refractivity contribution is 8.00. The standard InChI is InChI=1S/C12H13NO6S2.C2H7N.CH5N/c1-18-21(16,17)19-9-5-3-4-8(6-9)13-11(14)7-10(20-2)12(13)15;1-3-2;1-2/h3-6,10H,7H2,1-2H3;3H,1-2H3;2H2,1H3. The molecule has 1 fully saturated rings. The Hall–Kier alpha value is -1.66. The largest absolute Gasteiger partial charge is 0.448 e. The molecule has 0 bridgehead atoms. The zero-order valence-corrected chi connectivity index (χ0v) is 17.0. The van der Waals surface area contributed by atoms with Crippen molar-refractivity contribution in [3.8, 4) is 5.75 Å². The summed E-state index contributed by atoms with van der Waals surface area (Å²) in [6.07, 6.45) is 1.88. The lowest BCUT2D eigenvalue weighted by Gasteiger charge is -2.15. The maximum absolute atomic E-state index is 12.1. The molecule has 0 aromatic heterocycles. The van der Waals surface area contributed by atoms with E-state index in [1.165, 1.54) is 43.1 Å². The minimum atomic E-state index is -4.15. The molecule has 1 aliphatic rings. The topological polar surface area (TPSA) is 128 Å². The van der Waals surface area contributed by atoms with E-state index in [-0.39, 0.29) is 29.7 Å². The van der Waals surface area contributed by atoms with Crippen LogP contribution >= 0.6 is 11.8 Å². The van der Waals surface area contributed by atoms with Crippen molar-refractivity contribution in [2.75, 3.05) is 39.4 Å². The first kappa shape index (κ1) is 24.3. The highest BCUT2D eigenvalue weighted by Gasteiger charge is 2.39. The van der Waals surface area contributed by atoms with Gasteiger partial charge in [-0.1, -0.05) is 6.07 Å². The number of nitrogens with two attached hydrogens (primary N) is 1. The number of thioether (sulfide) groups is 1. The summed E-state index contributed by atoms with van der Waals surface area (Å²) < 4.78 is 31.3. The Labute approximate surface area is 158 Å². The van der Waals surface area contributed by atoms with Crippen LogP contribution in [0.3, 0.4) is 0 Å². The summed E-state index contributed by atoms with van der Waals surface area (Å²) in [4.78, 5) is 25.1. The van der Waals surface area contributed by atoms with Crippen molar-refractivity contribution in [3.05, 3.63) is 24.3 Å². The molecule has 0 saturated carbocycles. The molecule has 2 rings (SSSR count). The van der Waals surface area contributed by atoms with Crippen LogP contribution in [0.15, 0.2) is 24.3 Å². The van der Waals surface area contributed by atoms with E-state index in [4.69, 9.17) is 0 Å². The van der Waals surface area contributed by atoms with Crippen molar-refractivity contribution in [1.82, 2.24) is 5.32 Å². The third-order valence-electron chi connectivity index (χ3n) is 2.87. The summed E-state index contributed by atoms with van der Waals surface area (Å²) in [6.45, 7) is 0. The average molecular weight is 408 g/mol. The van der Waals surface area contributed by atoms with Crippen LogP contribution in [0.1, 0.15) is 6.42 Å². The fourth-order valence-electron chi connectivity index (χ4n) is 1.89. The van der Waals surface area contributed by atoms with Crippen LogP contribution in [0.4, 0.5) is 5.69 Å². The van der Waals surface area contributed by atoms with Crippen molar-refractivity contribution in [1.29, 1.82) is 0 Å². The SMILES string of the molecule is CN.CNC.COS(=O)(=O)Oc1cccc(N2C(=O)CC(SC)C2=O)c1. The quantitative estimate of drug-likeness (QED) is 0.665. The Morgan fingerprint density at radius 2 is 1.85 bits per heavy atom. The molecule has 148 valence electrons. The van der Waals surface area contributed by atoms with Crippen LogP contribution in [0.2, 0.25) is 0 Å². The van der Waals surface area contributed by atoms with Crippen molar-refractivity contribution in [3.63, 3.8) is 0 Å². The summed E-state index contributed by atoms with van der Waals surface area (Å²) in [5, 5.41) is 2.34. The number of imide groups is 1. The summed E-state index contributed by atoms with van der Waals surface area (Å²) in [5.74, 6) is -0.687. The number of carbonyl (C=O) groups excluding carboxylic acids is 2. The van der Waals surface area contributed by atoms with Gasteiger partial charge in [-0.3, -0.25) is 9.59 Å². The third-order valence-corrected chi connectivity index (χ3v) is 4.61. The first-order valence-corrected chi connectivity index (χ1v) is 10.1. The molecule has 1 aromatic rings. The second kappa shape index (κ2) is 11.9. The fraction of sp³-hybridized carbons (Fsp3) is 0.467. The Kier molecular flexibility index (Phi) is 11.1. The number of anilines is 1. The van der Waals surface area contributed by atoms with Crippen LogP contribution in [0.25, 0.3) is 0 Å². The molecule has 0 aliphatic carbocycles. The molecule has 1 heterocycles. The molecule has 26 heavy (non-hydrogen) atoms. The van der Waals surface area contributed by atoms with Gasteiger partial charge in [-0.2, -0.15) is 20.2 Å². The highest BCUT2D eigenvalue weighted by Crippen LogP contribution is 2.30. The number of amides is 2. The minimum absolute atomic E-state index is 0.0393. The Bertz CT molecular complexity index is 696. The van der Waals surface area contributed by atoms with Gasteiger partial charge in [0.2, 0.25) is 11.8 Å². The predicted octanol–water partition coefficient (Wildman–Crippen LogP) is 0.362. The molecule has 1 aromatic carbocycles. The lowest BCUT2D eigenvalue weighted by molar-refractivity contribution is -0.121. The minimum Gasteiger partial charge on any atom is -0.362 e. The van der Waals surface area contributed by atoms with E-state index in [1.54, 1.807) is 6.26 Å². The summed E-state index contributed by atoms with van der Waals surface area (Å²) in [5.41, 5.74) is 4.77. The predicted molar refractivity (Wildman–Crippen MR) is 103 cm³/mol. The average Bonchev–Trinajstić information content (AvgIpc) is 2.91. The molecular formula is C15H25N3O6S2. The van der Waals surface area contributed by atoms with Crippen LogP contribution < -0.4 is 20.1 Å². The molecule has 3 N–H and O–H groups in total. The lowest BCUT2D eigenvalue weighted by atomic mass is 10.3. The first-order valence-electron chi connectivity index (χ1n) is 7.45. The molecule has 1 aliphatic heterocycles. The van der Waals surface area contributed by atoms with Gasteiger partial charge in [0, 0.05) is 12.5 Å². The third kappa shape index (κ3) is 6.92. The second-order valence-electron chi connectivity index (χ2n) is 4.65. The lowest BCUT2D eigenvalue weighted by Crippen LogP contribution is -2.31. The molecule has 1 atom stereocenters. The number of hydrogen-bond acceptors (Lipinski definition) is 9. The molecule has 0 spiro atoms. The number of rotatable bonds is 5. The maximum Gasteiger partial charge on any atom is 0.448 e. The molecule has 2 amide bonds. The van der Waals surface area contributed by atoms with Crippen LogP contribution in [0.5, 0.6) is 5.75 Å². The number of benzene rings is 1. The Morgan fingerprint density at radius 1 is 1.27 bits per heavy atom. The van der Waals surface area contributed by atoms with Crippen LogP contribution in [-0.4, -0.2) is 60.0 Å². The normalized spacial score (nSPS) is 16.4. The van der Waals surface area contributed by atoms with E-state index in [9.17, 15) is 18.0 Å². The van der Waals surface area contributed by atoms with Crippen molar-refractivity contribution < 1.29 is 26.4 Å². The van der Waals surface area contributed by atoms with Gasteiger partial charge in [0.05, 0.1) is 18.0 Å². The van der Waals surface area contributed by atoms with Gasteiger partial charge < -0.3 is 15.2 Å². The van der Waals surface area contributed by atoms with E-state index in [0.29, 0.717) is 0 Å². The number of hydrogen-bond donors (Lipinski definition) is 2. The number of nitrogens with zero attached hydrogens (tertiary/aromatic N) is 1. The zero-order valence-electron chi connectivity index (χ0n) is 15.4. The maximum atomic E-state index is 12.1. The summed E-state index contributed by atoms with van der Waals surface area (Å²) in [6, 6.07) is 5.71. The number of nitrogens with one attached hydrogen (secondary N) is 1. The van der Waals surface area contributed by atoms with E-state index >= 15 is 0 Å². The Balaban J connectivity index is 0.00000113. The van der Waals surface area contributed by atoms with E-state index in [1.807, 2.05) is 14.1 Å². The van der Waals surface area contributed by atoms with Crippen LogP contribution in [-0.2, 0) is 24.2 Å². The van der Waals surface area contributed by atoms with Gasteiger partial charge in [-0.15, -0.1) is 0 Å². The van der Waals surface area contributed by atoms with Crippen molar-refractivity contribution in [2.24, 2.45) is 5.73 Å². The Morgan fingerprint density at radius 3 is 2.31 bits per heavy atom. The molecule has 0 radical (unpaired) electrons. The van der Waals surface area contributed by atoms with Gasteiger partial charge in [-0.05, 0) is 39.5 Å². The summed E-state index contributed by atoms with van der Waals surface area (Å²) in [7, 11) is 2.07. The zero-order chi connectivity index (χ0) is 20.3. The molecule has 11 heteroatoms. The smallest absolute Gasteiger partial charge is 0.362 e. The van der Waals surface area contributed by atoms with Crippen molar-refractivity contribution >= 4 is 39.7 Å². The van der Waals surface area contributed by atoms with Gasteiger partial charge in [0.15, 0.2) is 0 Å². The van der Waals surface area contributed by atoms with Crippen LogP contribution in [0, 0.1) is 0 Å². The van der Waals surface area contributed by atoms with Gasteiger partial charge in [-0.25, -0.2) is 9.08 Å². The van der Waals surface area contributed by atoms with Gasteiger partial charge >= 0.3 is 10.4 Å². The van der Waals surface area contributed by atoms with Gasteiger partial charge in [0.25, 0.3) is 0 Å². The number of carbonyl (C=O) groups is 2. The molecule has 9 nitrogen and oxygen atoms in total. The fourth-order valence-corrected chi connectivity index (χ4v) is 2.91. The van der Waals surface area contributed by atoms with E-state index in [2.05, 4.69) is 19.4 Å².